The lowest BCUT2D eigenvalue weighted by atomic mass is 9.79. The van der Waals surface area contributed by atoms with Gasteiger partial charge in [-0.1, -0.05) is 31.5 Å². The zero-order valence-electron chi connectivity index (χ0n) is 23.5. The molecule has 4 fully saturated rings. The zero-order valence-corrected chi connectivity index (χ0v) is 23.5. The first kappa shape index (κ1) is 26.6. The van der Waals surface area contributed by atoms with Crippen molar-refractivity contribution in [1.82, 2.24) is 15.5 Å². The molecule has 2 aromatic carbocycles. The summed E-state index contributed by atoms with van der Waals surface area (Å²) in [5, 5.41) is 7.23. The van der Waals surface area contributed by atoms with E-state index in [2.05, 4.69) is 54.5 Å². The second kappa shape index (κ2) is 10.7. The molecule has 2 aromatic rings. The highest BCUT2D eigenvalue weighted by Gasteiger charge is 2.57. The maximum Gasteiger partial charge on any atom is 0.323 e. The number of halogens is 1. The number of benzene rings is 2. The number of ether oxygens (including phenoxy) is 1. The maximum atomic E-state index is 14.4. The van der Waals surface area contributed by atoms with Crippen LogP contribution in [-0.4, -0.2) is 47.4 Å². The molecule has 212 valence electrons. The number of anilines is 1. The van der Waals surface area contributed by atoms with Crippen LogP contribution in [0.25, 0.3) is 0 Å². The molecule has 2 aliphatic carbocycles. The van der Waals surface area contributed by atoms with Crippen LogP contribution in [0.1, 0.15) is 72.7 Å². The minimum absolute atomic E-state index is 0. The molecule has 6 nitrogen and oxygen atoms in total. The van der Waals surface area contributed by atoms with Crippen LogP contribution in [0.3, 0.4) is 0 Å². The van der Waals surface area contributed by atoms with Crippen LogP contribution in [0.5, 0.6) is 5.75 Å². The van der Waals surface area contributed by atoms with E-state index in [9.17, 15) is 9.18 Å². The number of urea groups is 1. The molecule has 2 saturated carbocycles. The Morgan fingerprint density at radius 2 is 2.05 bits per heavy atom. The van der Waals surface area contributed by atoms with Crippen molar-refractivity contribution < 1.29 is 15.3 Å². The molecule has 6 rings (SSSR count). The monoisotopic (exact) mass is 536 g/mol. The summed E-state index contributed by atoms with van der Waals surface area (Å²) in [6.45, 7) is 8.19. The van der Waals surface area contributed by atoms with Crippen LogP contribution in [0.15, 0.2) is 48.5 Å². The number of likely N-dealkylation sites (tertiary alicyclic amines) is 1. The van der Waals surface area contributed by atoms with Gasteiger partial charge in [-0.3, -0.25) is 15.1 Å². The van der Waals surface area contributed by atoms with Crippen molar-refractivity contribution in [2.24, 2.45) is 11.8 Å². The summed E-state index contributed by atoms with van der Waals surface area (Å²) in [6.07, 6.45) is 7.76. The minimum atomic E-state index is -0.454. The number of fused-ring (bicyclic) bond motifs is 2. The Hall–Kier alpha value is -2.64. The summed E-state index contributed by atoms with van der Waals surface area (Å²) in [6, 6.07) is 15.5. The number of carbonyl (C=O) groups excluding carboxylic acids is 1. The minimum Gasteiger partial charge on any atom is -0.491 e. The molecule has 2 bridgehead atoms. The van der Waals surface area contributed by atoms with E-state index in [1.54, 1.807) is 6.07 Å². The molecule has 7 heteroatoms. The third-order valence-electron chi connectivity index (χ3n) is 9.94. The lowest BCUT2D eigenvalue weighted by molar-refractivity contribution is 0.0789. The lowest BCUT2D eigenvalue weighted by Crippen LogP contribution is -2.65. The highest BCUT2D eigenvalue weighted by Crippen LogP contribution is 2.47. The topological polar surface area (TPSA) is 56.8 Å². The van der Waals surface area contributed by atoms with Gasteiger partial charge in [0.05, 0.1) is 11.6 Å². The number of hydrogen-bond acceptors (Lipinski definition) is 4. The van der Waals surface area contributed by atoms with Crippen molar-refractivity contribution in [3.05, 3.63) is 59.9 Å². The number of amides is 2. The Morgan fingerprint density at radius 1 is 1.21 bits per heavy atom. The SMILES string of the molecule is CC[C@@H](C)Oc1cccc(CN2CC[C@@]3(C[C@@H]2C)C(NC2C[C@@H]4CC[C@@H]2C4)NC(=O)N3c2cccc(F)c2)c1.[HH]. The molecular formula is C32H45FN4O2. The van der Waals surface area contributed by atoms with Gasteiger partial charge in [0.2, 0.25) is 0 Å². The quantitative estimate of drug-likeness (QED) is 0.415. The van der Waals surface area contributed by atoms with Crippen molar-refractivity contribution in [3.63, 3.8) is 0 Å². The van der Waals surface area contributed by atoms with E-state index in [4.69, 9.17) is 4.74 Å². The van der Waals surface area contributed by atoms with Gasteiger partial charge < -0.3 is 10.1 Å². The molecule has 7 atom stereocenters. The van der Waals surface area contributed by atoms with Crippen LogP contribution in [0, 0.1) is 17.7 Å². The highest BCUT2D eigenvalue weighted by molar-refractivity contribution is 5.96. The lowest BCUT2D eigenvalue weighted by Gasteiger charge is -2.50. The van der Waals surface area contributed by atoms with E-state index in [0.29, 0.717) is 17.6 Å². The largest absolute Gasteiger partial charge is 0.491 e. The van der Waals surface area contributed by atoms with E-state index < -0.39 is 5.54 Å². The molecule has 39 heavy (non-hydrogen) atoms. The predicted molar refractivity (Wildman–Crippen MR) is 154 cm³/mol. The number of nitrogens with zero attached hydrogens (tertiary/aromatic N) is 2. The summed E-state index contributed by atoms with van der Waals surface area (Å²) in [5.74, 6) is 2.13. The molecule has 2 amide bonds. The Labute approximate surface area is 233 Å². The molecule has 0 aromatic heterocycles. The van der Waals surface area contributed by atoms with E-state index in [1.165, 1.54) is 43.4 Å². The Balaban J connectivity index is 0.00000323. The van der Waals surface area contributed by atoms with Crippen molar-refractivity contribution in [3.8, 4) is 5.75 Å². The van der Waals surface area contributed by atoms with Crippen LogP contribution < -0.4 is 20.3 Å². The van der Waals surface area contributed by atoms with Crippen LogP contribution in [0.4, 0.5) is 14.9 Å². The fourth-order valence-electron chi connectivity index (χ4n) is 7.77. The zero-order chi connectivity index (χ0) is 27.1. The fraction of sp³-hybridized carbons (Fsp3) is 0.594. The van der Waals surface area contributed by atoms with E-state index in [0.717, 1.165) is 44.0 Å². The molecule has 1 spiro atoms. The first-order valence-corrected chi connectivity index (χ1v) is 15.0. The van der Waals surface area contributed by atoms with Gasteiger partial charge in [0, 0.05) is 32.3 Å². The Morgan fingerprint density at radius 3 is 2.77 bits per heavy atom. The normalized spacial score (nSPS) is 33.1. The maximum absolute atomic E-state index is 14.4. The molecular weight excluding hydrogens is 491 g/mol. The summed E-state index contributed by atoms with van der Waals surface area (Å²) in [7, 11) is 0. The van der Waals surface area contributed by atoms with Gasteiger partial charge in [-0.15, -0.1) is 0 Å². The van der Waals surface area contributed by atoms with Crippen molar-refractivity contribution in [2.45, 2.75) is 102 Å². The van der Waals surface area contributed by atoms with Crippen LogP contribution >= 0.6 is 0 Å². The van der Waals surface area contributed by atoms with Gasteiger partial charge in [0.25, 0.3) is 0 Å². The van der Waals surface area contributed by atoms with Gasteiger partial charge >= 0.3 is 6.03 Å². The third kappa shape index (κ3) is 5.16. The molecule has 4 aliphatic rings. The smallest absolute Gasteiger partial charge is 0.323 e. The van der Waals surface area contributed by atoms with Crippen molar-refractivity contribution in [2.75, 3.05) is 11.4 Å². The number of nitrogens with one attached hydrogen (secondary N) is 2. The van der Waals surface area contributed by atoms with Gasteiger partial charge in [-0.2, -0.15) is 0 Å². The Bertz CT molecular complexity index is 1200. The number of carbonyl (C=O) groups is 1. The second-order valence-electron chi connectivity index (χ2n) is 12.5. The predicted octanol–water partition coefficient (Wildman–Crippen LogP) is 6.31. The number of piperidine rings is 1. The third-order valence-corrected chi connectivity index (χ3v) is 9.94. The number of hydrogen-bond donors (Lipinski definition) is 2. The van der Waals surface area contributed by atoms with E-state index in [-0.39, 0.29) is 31.6 Å². The highest BCUT2D eigenvalue weighted by atomic mass is 19.1. The summed E-state index contributed by atoms with van der Waals surface area (Å²) in [4.78, 5) is 17.9. The second-order valence-corrected chi connectivity index (χ2v) is 12.5. The van der Waals surface area contributed by atoms with Gasteiger partial charge in [0.15, 0.2) is 0 Å². The number of rotatable bonds is 8. The van der Waals surface area contributed by atoms with Gasteiger partial charge in [0.1, 0.15) is 17.7 Å². The molecule has 2 saturated heterocycles. The standard InChI is InChI=1S/C32H43FN4O2.H2/c1-4-22(3)39-28-10-5-7-24(16-28)20-36-14-13-32(19-21(36)2)30(34-29-17-23-11-12-25(29)15-23)35-31(38)37(32)27-9-6-8-26(33)18-27;/h5-10,16,18,21-23,25,29-30,34H,4,11-15,17,19-20H2,1-3H3,(H,35,38);1H/t21-,22+,23+,25+,29?,30?,32+;/m0./s1. The Kier molecular flexibility index (Phi) is 7.32. The molecule has 2 aliphatic heterocycles. The average molecular weight is 537 g/mol. The molecule has 0 radical (unpaired) electrons. The average Bonchev–Trinajstić information content (AvgIpc) is 3.60. The summed E-state index contributed by atoms with van der Waals surface area (Å²) >= 11 is 0. The molecule has 2 heterocycles. The van der Waals surface area contributed by atoms with Crippen molar-refractivity contribution >= 4 is 11.7 Å². The van der Waals surface area contributed by atoms with Crippen LogP contribution in [-0.2, 0) is 6.54 Å². The van der Waals surface area contributed by atoms with E-state index >= 15 is 0 Å². The van der Waals surface area contributed by atoms with Crippen molar-refractivity contribution in [1.29, 1.82) is 0 Å². The first-order chi connectivity index (χ1) is 18.8. The molecule has 2 N–H and O–H groups in total. The summed E-state index contributed by atoms with van der Waals surface area (Å²) < 4.78 is 20.4. The molecule has 2 unspecified atom stereocenters. The van der Waals surface area contributed by atoms with Gasteiger partial charge in [-0.05, 0) is 100 Å². The fourth-order valence-corrected chi connectivity index (χ4v) is 7.77. The van der Waals surface area contributed by atoms with Crippen LogP contribution in [0.2, 0.25) is 0 Å². The summed E-state index contributed by atoms with van der Waals surface area (Å²) in [5.41, 5.74) is 1.42. The van der Waals surface area contributed by atoms with E-state index in [1.807, 2.05) is 17.0 Å². The first-order valence-electron chi connectivity index (χ1n) is 15.0. The van der Waals surface area contributed by atoms with Gasteiger partial charge in [-0.25, -0.2) is 9.18 Å².